The number of carbonyl (C=O) groups is 3. The Kier molecular flexibility index (Phi) is 6.49. The van der Waals surface area contributed by atoms with Crippen molar-refractivity contribution in [1.82, 2.24) is 25.8 Å². The Balaban J connectivity index is 1.53. The quantitative estimate of drug-likeness (QED) is 0.632. The Morgan fingerprint density at radius 3 is 2.68 bits per heavy atom. The van der Waals surface area contributed by atoms with Gasteiger partial charge in [-0.15, -0.1) is 11.8 Å². The molecule has 0 radical (unpaired) electrons. The van der Waals surface area contributed by atoms with Gasteiger partial charge in [0.1, 0.15) is 5.82 Å². The van der Waals surface area contributed by atoms with Gasteiger partial charge in [0.05, 0.1) is 29.4 Å². The summed E-state index contributed by atoms with van der Waals surface area (Å²) in [4.78, 5) is 40.5. The van der Waals surface area contributed by atoms with Gasteiger partial charge in [0, 0.05) is 20.1 Å². The number of rotatable bonds is 5. The van der Waals surface area contributed by atoms with E-state index in [9.17, 15) is 18.8 Å². The lowest BCUT2D eigenvalue weighted by Gasteiger charge is -2.50. The van der Waals surface area contributed by atoms with Crippen LogP contribution in [0.2, 0.25) is 0 Å². The van der Waals surface area contributed by atoms with Crippen LogP contribution in [0.3, 0.4) is 0 Å². The summed E-state index contributed by atoms with van der Waals surface area (Å²) in [6.07, 6.45) is 3.23. The second-order valence-corrected chi connectivity index (χ2v) is 9.49. The number of nitrogens with zero attached hydrogens (tertiary/aromatic N) is 2. The molecular weight excluding hydrogens is 421 g/mol. The number of halogens is 1. The van der Waals surface area contributed by atoms with Crippen molar-refractivity contribution in [3.63, 3.8) is 0 Å². The molecule has 0 bridgehead atoms. The molecule has 2 saturated heterocycles. The Morgan fingerprint density at radius 2 is 1.97 bits per heavy atom. The van der Waals surface area contributed by atoms with Crippen LogP contribution in [0, 0.1) is 11.7 Å². The van der Waals surface area contributed by atoms with Gasteiger partial charge in [-0.1, -0.05) is 25.0 Å². The molecule has 4 atom stereocenters. The van der Waals surface area contributed by atoms with Gasteiger partial charge in [0.15, 0.2) is 0 Å². The largest absolute Gasteiger partial charge is 0.353 e. The van der Waals surface area contributed by atoms with Crippen molar-refractivity contribution >= 4 is 29.6 Å². The lowest BCUT2D eigenvalue weighted by atomic mass is 9.96. The zero-order valence-electron chi connectivity index (χ0n) is 17.6. The van der Waals surface area contributed by atoms with Gasteiger partial charge in [0.25, 0.3) is 0 Å². The highest BCUT2D eigenvalue weighted by molar-refractivity contribution is 8.00. The van der Waals surface area contributed by atoms with Gasteiger partial charge in [-0.2, -0.15) is 0 Å². The van der Waals surface area contributed by atoms with E-state index in [-0.39, 0.29) is 29.4 Å². The number of carbonyl (C=O) groups excluding carboxylic acids is 3. The minimum Gasteiger partial charge on any atom is -0.353 e. The van der Waals surface area contributed by atoms with Gasteiger partial charge >= 0.3 is 6.03 Å². The van der Waals surface area contributed by atoms with E-state index in [0.29, 0.717) is 5.56 Å². The number of nitrogens with one attached hydrogen (secondary N) is 3. The zero-order chi connectivity index (χ0) is 22.1. The van der Waals surface area contributed by atoms with Crippen LogP contribution in [0.15, 0.2) is 24.3 Å². The second-order valence-electron chi connectivity index (χ2n) is 8.36. The van der Waals surface area contributed by atoms with Crippen LogP contribution in [-0.4, -0.2) is 65.1 Å². The summed E-state index contributed by atoms with van der Waals surface area (Å²) in [5, 5.41) is 9.26. The minimum atomic E-state index is -0.582. The number of hydrogen-bond donors (Lipinski definition) is 3. The minimum absolute atomic E-state index is 0.0582. The van der Waals surface area contributed by atoms with Crippen LogP contribution in [-0.2, 0) is 9.59 Å². The molecule has 4 rings (SSSR count). The van der Waals surface area contributed by atoms with Gasteiger partial charge in [0.2, 0.25) is 11.8 Å². The van der Waals surface area contributed by atoms with Crippen LogP contribution < -0.4 is 16.0 Å². The van der Waals surface area contributed by atoms with Crippen molar-refractivity contribution in [1.29, 1.82) is 0 Å². The standard InChI is InChI=1S/C21H28FN5O3S/c1-26-18-16(20(29)27(2)21(26)30)19(31-11-15(28)23-14-8-3-4-9-14)25-17(24-18)12-6-5-7-13(22)10-12/h5-7,10,14,16-19,24-25H,3-4,8-9,11H2,1-2H3,(H,23,28). The van der Waals surface area contributed by atoms with Crippen LogP contribution in [0.25, 0.3) is 0 Å². The fourth-order valence-electron chi connectivity index (χ4n) is 4.58. The molecule has 1 saturated carbocycles. The van der Waals surface area contributed by atoms with Crippen molar-refractivity contribution < 1.29 is 18.8 Å². The number of benzene rings is 1. The summed E-state index contributed by atoms with van der Waals surface area (Å²) in [7, 11) is 3.10. The first-order valence-electron chi connectivity index (χ1n) is 10.6. The molecule has 4 amide bonds. The van der Waals surface area contributed by atoms with Crippen LogP contribution in [0.5, 0.6) is 0 Å². The van der Waals surface area contributed by atoms with E-state index >= 15 is 0 Å². The normalized spacial score (nSPS) is 29.3. The van der Waals surface area contributed by atoms with E-state index in [1.807, 2.05) is 0 Å². The summed E-state index contributed by atoms with van der Waals surface area (Å²) in [5.41, 5.74) is 0.659. The number of thioether (sulfide) groups is 1. The number of amides is 4. The third-order valence-corrected chi connectivity index (χ3v) is 7.47. The third-order valence-electron chi connectivity index (χ3n) is 6.25. The maximum absolute atomic E-state index is 13.8. The first-order valence-corrected chi connectivity index (χ1v) is 11.6. The summed E-state index contributed by atoms with van der Waals surface area (Å²) in [6.45, 7) is 0. The van der Waals surface area contributed by atoms with Gasteiger partial charge in [-0.05, 0) is 30.5 Å². The molecule has 31 heavy (non-hydrogen) atoms. The van der Waals surface area contributed by atoms with Crippen LogP contribution in [0.4, 0.5) is 9.18 Å². The maximum Gasteiger partial charge on any atom is 0.327 e. The average Bonchev–Trinajstić information content (AvgIpc) is 3.27. The molecule has 2 aliphatic heterocycles. The molecule has 168 valence electrons. The molecule has 10 heteroatoms. The first kappa shape index (κ1) is 22.0. The lowest BCUT2D eigenvalue weighted by molar-refractivity contribution is -0.140. The topological polar surface area (TPSA) is 93.8 Å². The molecule has 1 aliphatic carbocycles. The van der Waals surface area contributed by atoms with Crippen LogP contribution >= 0.6 is 11.8 Å². The Labute approximate surface area is 185 Å². The summed E-state index contributed by atoms with van der Waals surface area (Å²) in [6, 6.07) is 6.00. The number of urea groups is 1. The molecular formula is C21H28FN5O3S. The van der Waals surface area contributed by atoms with Crippen molar-refractivity contribution in [2.75, 3.05) is 19.8 Å². The van der Waals surface area contributed by atoms with E-state index in [0.717, 1.165) is 30.6 Å². The molecule has 1 aromatic carbocycles. The molecule has 8 nitrogen and oxygen atoms in total. The van der Waals surface area contributed by atoms with Crippen molar-refractivity contribution in [3.8, 4) is 0 Å². The van der Waals surface area contributed by atoms with E-state index in [1.165, 1.54) is 35.8 Å². The van der Waals surface area contributed by atoms with Gasteiger partial charge < -0.3 is 10.2 Å². The highest BCUT2D eigenvalue weighted by Gasteiger charge is 2.51. The van der Waals surface area contributed by atoms with Gasteiger partial charge in [-0.3, -0.25) is 25.1 Å². The van der Waals surface area contributed by atoms with E-state index in [4.69, 9.17) is 0 Å². The zero-order valence-corrected chi connectivity index (χ0v) is 18.5. The lowest BCUT2D eigenvalue weighted by Crippen LogP contribution is -2.72. The molecule has 3 fully saturated rings. The molecule has 0 spiro atoms. The average molecular weight is 450 g/mol. The fraction of sp³-hybridized carbons (Fsp3) is 0.571. The van der Waals surface area contributed by atoms with Gasteiger partial charge in [-0.25, -0.2) is 9.18 Å². The summed E-state index contributed by atoms with van der Waals surface area (Å²) in [5.74, 6) is -1.12. The molecule has 0 aromatic heterocycles. The molecule has 2 heterocycles. The smallest absolute Gasteiger partial charge is 0.327 e. The van der Waals surface area contributed by atoms with Crippen molar-refractivity contribution in [2.24, 2.45) is 5.92 Å². The summed E-state index contributed by atoms with van der Waals surface area (Å²) < 4.78 is 13.8. The maximum atomic E-state index is 13.8. The highest BCUT2D eigenvalue weighted by Crippen LogP contribution is 2.34. The predicted octanol–water partition coefficient (Wildman–Crippen LogP) is 1.60. The number of hydrogen-bond acceptors (Lipinski definition) is 6. The molecule has 4 unspecified atom stereocenters. The van der Waals surface area contributed by atoms with E-state index in [1.54, 1.807) is 19.2 Å². The Morgan fingerprint density at radius 1 is 1.23 bits per heavy atom. The molecule has 1 aromatic rings. The number of imide groups is 1. The SMILES string of the molecule is CN1C(=O)C2C(SCC(=O)NC3CCCC3)NC(c3cccc(F)c3)NC2N(C)C1=O. The predicted molar refractivity (Wildman–Crippen MR) is 115 cm³/mol. The monoisotopic (exact) mass is 449 g/mol. The van der Waals surface area contributed by atoms with Crippen LogP contribution in [0.1, 0.15) is 37.4 Å². The summed E-state index contributed by atoms with van der Waals surface area (Å²) >= 11 is 1.34. The van der Waals surface area contributed by atoms with Crippen molar-refractivity contribution in [2.45, 2.75) is 49.4 Å². The Hall–Kier alpha value is -2.17. The number of fused-ring (bicyclic) bond motifs is 1. The third kappa shape index (κ3) is 4.56. The van der Waals surface area contributed by atoms with E-state index in [2.05, 4.69) is 16.0 Å². The first-order chi connectivity index (χ1) is 14.8. The van der Waals surface area contributed by atoms with Crippen molar-refractivity contribution in [3.05, 3.63) is 35.6 Å². The van der Waals surface area contributed by atoms with E-state index < -0.39 is 29.7 Å². The highest BCUT2D eigenvalue weighted by atomic mass is 32.2. The fourth-order valence-corrected chi connectivity index (χ4v) is 5.70. The Bertz CT molecular complexity index is 865. The molecule has 3 N–H and O–H groups in total. The molecule has 3 aliphatic rings. The second kappa shape index (κ2) is 9.13.